The normalized spacial score (nSPS) is 14.4. The van der Waals surface area contributed by atoms with Crippen LogP contribution >= 0.6 is 27.7 Å². The molecule has 0 atom stereocenters. The summed E-state index contributed by atoms with van der Waals surface area (Å²) in [5.74, 6) is 1.12. The Morgan fingerprint density at radius 1 is 1.05 bits per heavy atom. The number of rotatable bonds is 10. The molecule has 3 aromatic rings. The minimum atomic E-state index is -0.378. The Morgan fingerprint density at radius 3 is 2.54 bits per heavy atom. The summed E-state index contributed by atoms with van der Waals surface area (Å²) in [7, 11) is 1.49. The van der Waals surface area contributed by atoms with Crippen LogP contribution in [0, 0.1) is 12.7 Å². The van der Waals surface area contributed by atoms with Crippen molar-refractivity contribution in [2.45, 2.75) is 33.3 Å². The molecule has 1 aliphatic heterocycles. The molecule has 9 heteroatoms. The van der Waals surface area contributed by atoms with Crippen molar-refractivity contribution in [3.8, 4) is 17.2 Å². The molecule has 2 amide bonds. The SMILES string of the molecule is COc1cc(/C=C2\SC(=O)N(CCOc3cc(C)ccc3C(C)C)C2=O)cc(Br)c1OCc1ccccc1F. The van der Waals surface area contributed by atoms with Gasteiger partial charge in [0, 0.05) is 5.56 Å². The summed E-state index contributed by atoms with van der Waals surface area (Å²) in [6, 6.07) is 15.9. The van der Waals surface area contributed by atoms with Crippen LogP contribution < -0.4 is 14.2 Å². The van der Waals surface area contributed by atoms with E-state index in [1.54, 1.807) is 36.4 Å². The third kappa shape index (κ3) is 6.83. The van der Waals surface area contributed by atoms with Crippen molar-refractivity contribution in [3.63, 3.8) is 0 Å². The molecule has 0 N–H and O–H groups in total. The Morgan fingerprint density at radius 2 is 1.82 bits per heavy atom. The zero-order valence-electron chi connectivity index (χ0n) is 22.1. The second kappa shape index (κ2) is 12.7. The number of benzene rings is 3. The predicted molar refractivity (Wildman–Crippen MR) is 155 cm³/mol. The van der Waals surface area contributed by atoms with Crippen LogP contribution in [0.5, 0.6) is 17.2 Å². The van der Waals surface area contributed by atoms with E-state index in [4.69, 9.17) is 14.2 Å². The van der Waals surface area contributed by atoms with Gasteiger partial charge in [0.05, 0.1) is 23.0 Å². The number of thioether (sulfide) groups is 1. The number of ether oxygens (including phenoxy) is 3. The minimum absolute atomic E-state index is 0.0170. The van der Waals surface area contributed by atoms with Crippen molar-refractivity contribution in [2.24, 2.45) is 0 Å². The summed E-state index contributed by atoms with van der Waals surface area (Å²) in [4.78, 5) is 27.2. The first-order valence-corrected chi connectivity index (χ1v) is 14.0. The molecule has 6 nitrogen and oxygen atoms in total. The molecule has 1 heterocycles. The fourth-order valence-corrected chi connectivity index (χ4v) is 5.50. The van der Waals surface area contributed by atoms with E-state index in [9.17, 15) is 14.0 Å². The highest BCUT2D eigenvalue weighted by molar-refractivity contribution is 9.10. The van der Waals surface area contributed by atoms with Crippen molar-refractivity contribution in [3.05, 3.63) is 92.0 Å². The Hall–Kier alpha value is -3.30. The lowest BCUT2D eigenvalue weighted by Gasteiger charge is -2.17. The first-order chi connectivity index (χ1) is 18.7. The lowest BCUT2D eigenvalue weighted by atomic mass is 10.0. The van der Waals surface area contributed by atoms with Gasteiger partial charge >= 0.3 is 0 Å². The van der Waals surface area contributed by atoms with E-state index >= 15 is 0 Å². The largest absolute Gasteiger partial charge is 0.493 e. The smallest absolute Gasteiger partial charge is 0.293 e. The molecule has 1 fully saturated rings. The van der Waals surface area contributed by atoms with Crippen LogP contribution in [0.25, 0.3) is 6.08 Å². The van der Waals surface area contributed by atoms with Gasteiger partial charge in [0.15, 0.2) is 11.5 Å². The van der Waals surface area contributed by atoms with Crippen LogP contribution in [0.4, 0.5) is 9.18 Å². The van der Waals surface area contributed by atoms with Crippen molar-refractivity contribution < 1.29 is 28.2 Å². The monoisotopic (exact) mass is 613 g/mol. The molecule has 0 radical (unpaired) electrons. The van der Waals surface area contributed by atoms with Gasteiger partial charge in [0.1, 0.15) is 24.8 Å². The fraction of sp³-hybridized carbons (Fsp3) is 0.267. The molecule has 0 aromatic heterocycles. The topological polar surface area (TPSA) is 65.1 Å². The van der Waals surface area contributed by atoms with E-state index in [1.165, 1.54) is 18.1 Å². The number of halogens is 2. The predicted octanol–water partition coefficient (Wildman–Crippen LogP) is 7.72. The van der Waals surface area contributed by atoms with Gasteiger partial charge in [-0.05, 0) is 87.6 Å². The quantitative estimate of drug-likeness (QED) is 0.218. The average Bonchev–Trinajstić information content (AvgIpc) is 3.15. The number of aryl methyl sites for hydroxylation is 1. The highest BCUT2D eigenvalue weighted by atomic mass is 79.9. The molecule has 4 rings (SSSR count). The van der Waals surface area contributed by atoms with E-state index in [-0.39, 0.29) is 42.6 Å². The molecular weight excluding hydrogens is 585 g/mol. The van der Waals surface area contributed by atoms with Crippen molar-refractivity contribution in [1.82, 2.24) is 4.90 Å². The van der Waals surface area contributed by atoms with Crippen LogP contribution in [0.3, 0.4) is 0 Å². The summed E-state index contributed by atoms with van der Waals surface area (Å²) >= 11 is 4.36. The molecule has 3 aromatic carbocycles. The molecule has 39 heavy (non-hydrogen) atoms. The summed E-state index contributed by atoms with van der Waals surface area (Å²) in [6.07, 6.45) is 1.64. The lowest BCUT2D eigenvalue weighted by molar-refractivity contribution is -0.123. The number of hydrogen-bond acceptors (Lipinski definition) is 6. The Labute approximate surface area is 240 Å². The van der Waals surface area contributed by atoms with E-state index in [0.717, 1.165) is 28.6 Å². The number of carbonyl (C=O) groups is 2. The molecule has 0 saturated carbocycles. The summed E-state index contributed by atoms with van der Waals surface area (Å²) in [5, 5.41) is -0.348. The maximum absolute atomic E-state index is 14.0. The van der Waals surface area contributed by atoms with Crippen LogP contribution in [-0.2, 0) is 11.4 Å². The molecule has 0 bridgehead atoms. The number of nitrogens with zero attached hydrogens (tertiary/aromatic N) is 1. The van der Waals surface area contributed by atoms with Crippen LogP contribution in [0.2, 0.25) is 0 Å². The van der Waals surface area contributed by atoms with E-state index < -0.39 is 0 Å². The van der Waals surface area contributed by atoms with E-state index in [2.05, 4.69) is 29.8 Å². The van der Waals surface area contributed by atoms with Gasteiger partial charge in [-0.2, -0.15) is 0 Å². The maximum Gasteiger partial charge on any atom is 0.293 e. The average molecular weight is 615 g/mol. The van der Waals surface area contributed by atoms with Gasteiger partial charge < -0.3 is 14.2 Å². The molecule has 0 unspecified atom stereocenters. The van der Waals surface area contributed by atoms with Gasteiger partial charge in [-0.15, -0.1) is 0 Å². The maximum atomic E-state index is 14.0. The van der Waals surface area contributed by atoms with Gasteiger partial charge in [0.2, 0.25) is 0 Å². The minimum Gasteiger partial charge on any atom is -0.493 e. The van der Waals surface area contributed by atoms with Crippen molar-refractivity contribution in [2.75, 3.05) is 20.3 Å². The lowest BCUT2D eigenvalue weighted by Crippen LogP contribution is -2.32. The Balaban J connectivity index is 1.45. The van der Waals surface area contributed by atoms with Crippen molar-refractivity contribution >= 4 is 44.9 Å². The number of hydrogen-bond donors (Lipinski definition) is 0. The number of methoxy groups -OCH3 is 1. The van der Waals surface area contributed by atoms with Crippen LogP contribution in [0.15, 0.2) is 64.0 Å². The fourth-order valence-electron chi connectivity index (χ4n) is 4.06. The third-order valence-electron chi connectivity index (χ3n) is 6.12. The van der Waals surface area contributed by atoms with Crippen LogP contribution in [-0.4, -0.2) is 36.3 Å². The van der Waals surface area contributed by atoms with E-state index in [1.807, 2.05) is 25.1 Å². The van der Waals surface area contributed by atoms with E-state index in [0.29, 0.717) is 32.0 Å². The zero-order valence-corrected chi connectivity index (χ0v) is 24.5. The summed E-state index contributed by atoms with van der Waals surface area (Å²) in [6.45, 7) is 6.53. The highest BCUT2D eigenvalue weighted by Crippen LogP contribution is 2.39. The molecular formula is C30H29BrFNO5S. The third-order valence-corrected chi connectivity index (χ3v) is 7.61. The second-order valence-electron chi connectivity index (χ2n) is 9.29. The first kappa shape index (κ1) is 28.7. The standard InChI is InChI=1S/C30H29BrFNO5S/c1-18(2)22-10-9-19(3)13-25(22)37-12-11-33-29(34)27(39-30(33)35)16-20-14-23(31)28(26(15-20)36-4)38-17-21-7-5-6-8-24(21)32/h5-10,13-16,18H,11-12,17H2,1-4H3/b27-16-. The number of amides is 2. The van der Waals surface area contributed by atoms with Gasteiger partial charge in [0.25, 0.3) is 11.1 Å². The van der Waals surface area contributed by atoms with Gasteiger partial charge in [-0.3, -0.25) is 14.5 Å². The zero-order chi connectivity index (χ0) is 28.1. The molecule has 1 saturated heterocycles. The summed E-state index contributed by atoms with van der Waals surface area (Å²) in [5.41, 5.74) is 3.21. The molecule has 1 aliphatic rings. The van der Waals surface area contributed by atoms with Gasteiger partial charge in [-0.25, -0.2) is 4.39 Å². The molecule has 0 aliphatic carbocycles. The van der Waals surface area contributed by atoms with Crippen molar-refractivity contribution in [1.29, 1.82) is 0 Å². The van der Waals surface area contributed by atoms with Crippen LogP contribution in [0.1, 0.15) is 42.0 Å². The Kier molecular flexibility index (Phi) is 9.35. The number of imide groups is 1. The second-order valence-corrected chi connectivity index (χ2v) is 11.1. The molecule has 0 spiro atoms. The summed E-state index contributed by atoms with van der Waals surface area (Å²) < 4.78 is 31.9. The first-order valence-electron chi connectivity index (χ1n) is 12.4. The Bertz CT molecular complexity index is 1420. The number of carbonyl (C=O) groups excluding carboxylic acids is 2. The molecule has 204 valence electrons. The van der Waals surface area contributed by atoms with Gasteiger partial charge in [-0.1, -0.05) is 44.2 Å². The highest BCUT2D eigenvalue weighted by Gasteiger charge is 2.35.